The first-order valence-electron chi connectivity index (χ1n) is 7.35. The van der Waals surface area contributed by atoms with Crippen LogP contribution in [0, 0.1) is 11.8 Å². The Labute approximate surface area is 124 Å². The summed E-state index contributed by atoms with van der Waals surface area (Å²) >= 11 is 2.51. The first-order valence-corrected chi connectivity index (χ1v) is 8.59. The number of nitrogens with two attached hydrogens (primary N) is 1. The Bertz CT molecular complexity index is 290. The van der Waals surface area contributed by atoms with Crippen molar-refractivity contribution in [2.24, 2.45) is 17.6 Å². The van der Waals surface area contributed by atoms with Crippen LogP contribution in [0.5, 0.6) is 0 Å². The van der Waals surface area contributed by atoms with E-state index in [-0.39, 0.29) is 6.17 Å². The highest BCUT2D eigenvalue weighted by molar-refractivity contribution is 14.1. The number of hydrogen-bond acceptors (Lipinski definition) is 2. The molecule has 2 aliphatic rings. The zero-order valence-corrected chi connectivity index (χ0v) is 13.5. The predicted octanol–water partition coefficient (Wildman–Crippen LogP) is 1.15. The summed E-state index contributed by atoms with van der Waals surface area (Å²) in [7, 11) is 0. The first-order chi connectivity index (χ1) is 8.58. The molecule has 1 heterocycles. The fourth-order valence-electron chi connectivity index (χ4n) is 3.35. The lowest BCUT2D eigenvalue weighted by atomic mass is 9.85. The van der Waals surface area contributed by atoms with Crippen molar-refractivity contribution in [2.75, 3.05) is 13.1 Å². The number of likely N-dealkylation sites (tertiary alicyclic amines) is 1. The maximum absolute atomic E-state index is 12.3. The van der Waals surface area contributed by atoms with Gasteiger partial charge in [0.25, 0.3) is 0 Å². The highest BCUT2D eigenvalue weighted by Crippen LogP contribution is 2.29. The van der Waals surface area contributed by atoms with Gasteiger partial charge in [-0.05, 0) is 38.5 Å². The summed E-state index contributed by atoms with van der Waals surface area (Å²) in [4.78, 5) is 13.7. The molecule has 0 radical (unpaired) electrons. The number of quaternary nitrogens is 1. The van der Waals surface area contributed by atoms with Gasteiger partial charge in [0.05, 0.1) is 6.54 Å². The van der Waals surface area contributed by atoms with Crippen LogP contribution in [0.1, 0.15) is 45.4 Å². The minimum absolute atomic E-state index is 0.170. The topological polar surface area (TPSA) is 47.5 Å². The second kappa shape index (κ2) is 6.66. The molecule has 0 aromatic carbocycles. The van der Waals surface area contributed by atoms with Crippen molar-refractivity contribution in [3.8, 4) is 0 Å². The van der Waals surface area contributed by atoms with E-state index in [1.165, 1.54) is 30.6 Å². The van der Waals surface area contributed by atoms with Crippen LogP contribution in [0.15, 0.2) is 0 Å². The molecule has 0 amide bonds. The van der Waals surface area contributed by atoms with Gasteiger partial charge in [-0.2, -0.15) is 0 Å². The molecule has 0 aromatic heterocycles. The minimum atomic E-state index is 0.170. The van der Waals surface area contributed by atoms with Crippen LogP contribution in [0.3, 0.4) is 0 Å². The Kier molecular flexibility index (Phi) is 5.45. The van der Waals surface area contributed by atoms with Crippen molar-refractivity contribution < 1.29 is 9.69 Å². The average molecular weight is 365 g/mol. The van der Waals surface area contributed by atoms with Crippen LogP contribution in [0.4, 0.5) is 0 Å². The largest absolute Gasteiger partial charge is 0.314 e. The quantitative estimate of drug-likeness (QED) is 0.582. The highest BCUT2D eigenvalue weighted by Gasteiger charge is 2.33. The number of carbonyl (C=O) groups is 1. The average Bonchev–Trinajstić information content (AvgIpc) is 2.36. The molecular formula is C14H26IN2O+. The standard InChI is InChI=1S/C14H25IN2O/c1-10-3-2-8-17(14(10)16)9-13(18)11-4-6-12(15)7-5-11/h10-12,14H,2-9,16H2,1H3/p+1. The van der Waals surface area contributed by atoms with Gasteiger partial charge in [-0.25, -0.2) is 0 Å². The molecule has 3 nitrogen and oxygen atoms in total. The van der Waals surface area contributed by atoms with E-state index >= 15 is 0 Å². The highest BCUT2D eigenvalue weighted by atomic mass is 127. The van der Waals surface area contributed by atoms with E-state index in [0.717, 1.165) is 23.3 Å². The van der Waals surface area contributed by atoms with Gasteiger partial charge < -0.3 is 4.90 Å². The molecule has 3 N–H and O–H groups in total. The van der Waals surface area contributed by atoms with Gasteiger partial charge in [-0.15, -0.1) is 0 Å². The van der Waals surface area contributed by atoms with E-state index in [9.17, 15) is 4.79 Å². The van der Waals surface area contributed by atoms with Crippen molar-refractivity contribution in [3.05, 3.63) is 0 Å². The third-order valence-electron chi connectivity index (χ3n) is 4.76. The summed E-state index contributed by atoms with van der Waals surface area (Å²) in [5, 5.41) is 0. The Morgan fingerprint density at radius 3 is 2.61 bits per heavy atom. The van der Waals surface area contributed by atoms with Gasteiger partial charge in [0.15, 0.2) is 5.78 Å². The lowest BCUT2D eigenvalue weighted by Crippen LogP contribution is -3.19. The maximum Gasteiger partial charge on any atom is 0.189 e. The summed E-state index contributed by atoms with van der Waals surface area (Å²) in [5.41, 5.74) is 6.23. The number of hydrogen-bond donors (Lipinski definition) is 2. The molecule has 2 fully saturated rings. The van der Waals surface area contributed by atoms with Crippen molar-refractivity contribution in [1.82, 2.24) is 0 Å². The van der Waals surface area contributed by atoms with E-state index in [0.29, 0.717) is 24.2 Å². The number of rotatable bonds is 3. The predicted molar refractivity (Wildman–Crippen MR) is 81.8 cm³/mol. The van der Waals surface area contributed by atoms with E-state index in [1.807, 2.05) is 0 Å². The summed E-state index contributed by atoms with van der Waals surface area (Å²) in [6.45, 7) is 3.97. The summed E-state index contributed by atoms with van der Waals surface area (Å²) in [5.74, 6) is 1.36. The van der Waals surface area contributed by atoms with Gasteiger partial charge in [0.1, 0.15) is 12.7 Å². The van der Waals surface area contributed by atoms with Crippen LogP contribution in [-0.4, -0.2) is 29.0 Å². The number of piperidine rings is 1. The number of halogens is 1. The molecule has 0 bridgehead atoms. The Hall–Kier alpha value is 0.320. The smallest absolute Gasteiger partial charge is 0.189 e. The SMILES string of the molecule is CC1CCC[NH+](CC(=O)C2CCC(I)CC2)C1N. The molecule has 2 rings (SSSR count). The van der Waals surface area contributed by atoms with E-state index in [4.69, 9.17) is 5.73 Å². The summed E-state index contributed by atoms with van der Waals surface area (Å²) in [6, 6.07) is 0. The number of nitrogens with one attached hydrogen (secondary N) is 1. The van der Waals surface area contributed by atoms with Crippen LogP contribution in [0.2, 0.25) is 0 Å². The monoisotopic (exact) mass is 365 g/mol. The lowest BCUT2D eigenvalue weighted by Gasteiger charge is -2.35. The van der Waals surface area contributed by atoms with E-state index in [1.54, 1.807) is 0 Å². The number of Topliss-reactive ketones (excluding diaryl/α,β-unsaturated/α-hetero) is 1. The molecule has 3 atom stereocenters. The van der Waals surface area contributed by atoms with Crippen molar-refractivity contribution in [3.63, 3.8) is 0 Å². The van der Waals surface area contributed by atoms with Gasteiger partial charge in [-0.1, -0.05) is 29.5 Å². The maximum atomic E-state index is 12.3. The molecule has 3 unspecified atom stereocenters. The Balaban J connectivity index is 1.83. The fraction of sp³-hybridized carbons (Fsp3) is 0.929. The molecule has 18 heavy (non-hydrogen) atoms. The molecule has 1 aliphatic carbocycles. The fourth-order valence-corrected chi connectivity index (χ4v) is 4.07. The van der Waals surface area contributed by atoms with Gasteiger partial charge in [0.2, 0.25) is 0 Å². The normalized spacial score (nSPS) is 41.6. The van der Waals surface area contributed by atoms with Crippen molar-refractivity contribution in [2.45, 2.75) is 55.5 Å². The van der Waals surface area contributed by atoms with Crippen LogP contribution < -0.4 is 10.6 Å². The van der Waals surface area contributed by atoms with Crippen LogP contribution in [-0.2, 0) is 4.79 Å². The van der Waals surface area contributed by atoms with Gasteiger partial charge in [0, 0.05) is 15.8 Å². The second-order valence-corrected chi connectivity index (χ2v) is 7.91. The third-order valence-corrected chi connectivity index (χ3v) is 6.00. The lowest BCUT2D eigenvalue weighted by molar-refractivity contribution is -0.927. The molecular weight excluding hydrogens is 339 g/mol. The first kappa shape index (κ1) is 14.7. The van der Waals surface area contributed by atoms with Crippen molar-refractivity contribution in [1.29, 1.82) is 0 Å². The molecule has 1 saturated carbocycles. The van der Waals surface area contributed by atoms with Crippen LogP contribution >= 0.6 is 22.6 Å². The number of carbonyl (C=O) groups excluding carboxylic acids is 1. The third kappa shape index (κ3) is 3.67. The molecule has 0 aromatic rings. The second-order valence-electron chi connectivity index (χ2n) is 6.15. The molecule has 1 saturated heterocycles. The molecule has 0 spiro atoms. The zero-order chi connectivity index (χ0) is 13.1. The molecule has 104 valence electrons. The molecule has 1 aliphatic heterocycles. The van der Waals surface area contributed by atoms with Gasteiger partial charge >= 0.3 is 0 Å². The van der Waals surface area contributed by atoms with E-state index in [2.05, 4.69) is 29.5 Å². The zero-order valence-electron chi connectivity index (χ0n) is 11.3. The Morgan fingerprint density at radius 2 is 1.94 bits per heavy atom. The summed E-state index contributed by atoms with van der Waals surface area (Å²) in [6.07, 6.45) is 7.25. The van der Waals surface area contributed by atoms with E-state index < -0.39 is 0 Å². The summed E-state index contributed by atoms with van der Waals surface area (Å²) < 4.78 is 0.788. The Morgan fingerprint density at radius 1 is 1.28 bits per heavy atom. The van der Waals surface area contributed by atoms with Crippen molar-refractivity contribution >= 4 is 28.4 Å². The number of alkyl halides is 1. The minimum Gasteiger partial charge on any atom is -0.314 e. The number of ketones is 1. The molecule has 4 heteroatoms. The van der Waals surface area contributed by atoms with Crippen LogP contribution in [0.25, 0.3) is 0 Å². The van der Waals surface area contributed by atoms with Gasteiger partial charge in [-0.3, -0.25) is 10.5 Å².